The molecule has 20 heavy (non-hydrogen) atoms. The van der Waals surface area contributed by atoms with E-state index in [2.05, 4.69) is 4.90 Å². The molecule has 1 N–H and O–H groups in total. The summed E-state index contributed by atoms with van der Waals surface area (Å²) in [5, 5.41) is 21.6. The first kappa shape index (κ1) is 12.9. The van der Waals surface area contributed by atoms with E-state index in [1.165, 1.54) is 0 Å². The molecule has 3 aliphatic heterocycles. The van der Waals surface area contributed by atoms with Gasteiger partial charge in [0.05, 0.1) is 18.1 Å². The topological polar surface area (TPSA) is 85.1 Å². The molecule has 112 valence electrons. The molecule has 0 spiro atoms. The minimum Gasteiger partial charge on any atom is -0.392 e. The van der Waals surface area contributed by atoms with Crippen LogP contribution in [0.15, 0.2) is 0 Å². The van der Waals surface area contributed by atoms with E-state index >= 15 is 0 Å². The molecule has 0 aromatic heterocycles. The average Bonchev–Trinajstić information content (AvgIpc) is 2.64. The van der Waals surface area contributed by atoms with E-state index in [0.717, 1.165) is 0 Å². The van der Waals surface area contributed by atoms with Gasteiger partial charge in [-0.15, -0.1) is 0 Å². The second-order valence-electron chi connectivity index (χ2n) is 7.09. The summed E-state index contributed by atoms with van der Waals surface area (Å²) in [6.45, 7) is 6.04. The summed E-state index contributed by atoms with van der Waals surface area (Å²) in [6, 6.07) is -0.481. The number of nitro groups is 1. The van der Waals surface area contributed by atoms with Crippen molar-refractivity contribution in [3.63, 3.8) is 0 Å². The third-order valence-corrected chi connectivity index (χ3v) is 5.45. The van der Waals surface area contributed by atoms with Crippen molar-refractivity contribution in [2.24, 2.45) is 5.92 Å². The third-order valence-electron chi connectivity index (χ3n) is 5.45. The summed E-state index contributed by atoms with van der Waals surface area (Å²) in [6.07, 6.45) is -0.567. The van der Waals surface area contributed by atoms with Crippen molar-refractivity contribution < 1.29 is 19.5 Å². The number of aliphatic hydroxyl groups is 1. The number of fused-ring (bicyclic) bond motifs is 5. The van der Waals surface area contributed by atoms with E-state index in [1.807, 2.05) is 13.8 Å². The standard InChI is InChI=1S/C13H20N2O5/c1-6(16)8-9-10(20-12(2,3)19-9)11-13(15(17)18)4-7(13)5-14(8)11/h6-11,16H,4-5H2,1-3H3/t6-,7-,8+,9+,10+,11+,13+/m0/s1. The highest BCUT2D eigenvalue weighted by Gasteiger charge is 2.83. The van der Waals surface area contributed by atoms with Gasteiger partial charge in [-0.05, 0) is 20.8 Å². The molecule has 4 fully saturated rings. The molecule has 0 aromatic rings. The molecule has 3 heterocycles. The lowest BCUT2D eigenvalue weighted by atomic mass is 9.98. The Morgan fingerprint density at radius 2 is 2.05 bits per heavy atom. The van der Waals surface area contributed by atoms with Crippen LogP contribution in [0.2, 0.25) is 0 Å². The number of rotatable bonds is 2. The Balaban J connectivity index is 1.74. The van der Waals surface area contributed by atoms with Crippen molar-refractivity contribution in [3.8, 4) is 0 Å². The van der Waals surface area contributed by atoms with E-state index in [1.54, 1.807) is 6.92 Å². The highest BCUT2D eigenvalue weighted by atomic mass is 16.8. The number of aliphatic hydroxyl groups excluding tert-OH is 1. The van der Waals surface area contributed by atoms with Gasteiger partial charge in [-0.2, -0.15) is 0 Å². The molecule has 3 saturated heterocycles. The maximum Gasteiger partial charge on any atom is 0.244 e. The lowest BCUT2D eigenvalue weighted by Gasteiger charge is -2.32. The van der Waals surface area contributed by atoms with Crippen molar-refractivity contribution in [3.05, 3.63) is 10.1 Å². The normalized spacial score (nSPS) is 53.3. The van der Waals surface area contributed by atoms with Gasteiger partial charge in [0, 0.05) is 17.9 Å². The van der Waals surface area contributed by atoms with E-state index in [-0.39, 0.29) is 35.1 Å². The second kappa shape index (κ2) is 3.52. The minimum atomic E-state index is -0.879. The Labute approximate surface area is 117 Å². The monoisotopic (exact) mass is 284 g/mol. The highest BCUT2D eigenvalue weighted by molar-refractivity contribution is 5.27. The van der Waals surface area contributed by atoms with Gasteiger partial charge in [-0.1, -0.05) is 0 Å². The maximum absolute atomic E-state index is 11.6. The van der Waals surface area contributed by atoms with Gasteiger partial charge in [0.25, 0.3) is 0 Å². The molecule has 0 amide bonds. The summed E-state index contributed by atoms with van der Waals surface area (Å²) < 4.78 is 11.9. The fourth-order valence-corrected chi connectivity index (χ4v) is 4.75. The van der Waals surface area contributed by atoms with Crippen LogP contribution in [-0.4, -0.2) is 63.2 Å². The Bertz CT molecular complexity index is 481. The van der Waals surface area contributed by atoms with E-state index in [9.17, 15) is 15.2 Å². The van der Waals surface area contributed by atoms with Gasteiger partial charge in [0.15, 0.2) is 5.79 Å². The van der Waals surface area contributed by atoms with E-state index in [0.29, 0.717) is 13.0 Å². The van der Waals surface area contributed by atoms with Crippen LogP contribution in [0.5, 0.6) is 0 Å². The van der Waals surface area contributed by atoms with E-state index in [4.69, 9.17) is 9.47 Å². The van der Waals surface area contributed by atoms with Crippen molar-refractivity contribution in [2.45, 2.75) is 68.9 Å². The third kappa shape index (κ3) is 1.34. The second-order valence-corrected chi connectivity index (χ2v) is 7.09. The number of piperidine rings is 1. The Hall–Kier alpha value is -0.760. The van der Waals surface area contributed by atoms with Crippen LogP contribution in [-0.2, 0) is 9.47 Å². The molecule has 7 heteroatoms. The lowest BCUT2D eigenvalue weighted by Crippen LogP contribution is -2.50. The van der Waals surface area contributed by atoms with Crippen LogP contribution in [0.3, 0.4) is 0 Å². The van der Waals surface area contributed by atoms with Crippen LogP contribution < -0.4 is 0 Å². The van der Waals surface area contributed by atoms with Crippen LogP contribution in [0.4, 0.5) is 0 Å². The molecule has 4 rings (SSSR count). The predicted octanol–water partition coefficient (Wildman–Crippen LogP) is -0.0109. The molecule has 1 aliphatic carbocycles. The first-order chi connectivity index (χ1) is 9.28. The minimum absolute atomic E-state index is 0.0945. The number of ether oxygens (including phenoxy) is 2. The smallest absolute Gasteiger partial charge is 0.244 e. The highest BCUT2D eigenvalue weighted by Crippen LogP contribution is 2.62. The quantitative estimate of drug-likeness (QED) is 0.567. The van der Waals surface area contributed by atoms with Gasteiger partial charge in [-0.3, -0.25) is 15.0 Å². The van der Waals surface area contributed by atoms with Gasteiger partial charge in [-0.25, -0.2) is 0 Å². The van der Waals surface area contributed by atoms with Gasteiger partial charge in [0.1, 0.15) is 18.2 Å². The SMILES string of the molecule is C[C@H](O)[C@@H]1[C@H]2OC(C)(C)O[C@H]2[C@H]2N1C[C@@H]1C[C@@]12[N+](=O)[O-]. The molecule has 0 aromatic carbocycles. The average molecular weight is 284 g/mol. The molecular weight excluding hydrogens is 264 g/mol. The van der Waals surface area contributed by atoms with Crippen LogP contribution in [0, 0.1) is 16.0 Å². The fraction of sp³-hybridized carbons (Fsp3) is 1.00. The first-order valence-electron chi connectivity index (χ1n) is 7.22. The van der Waals surface area contributed by atoms with Crippen molar-refractivity contribution in [2.75, 3.05) is 6.54 Å². The van der Waals surface area contributed by atoms with Crippen LogP contribution >= 0.6 is 0 Å². The molecular formula is C13H20N2O5. The Morgan fingerprint density at radius 3 is 2.65 bits per heavy atom. The number of hydrogen-bond donors (Lipinski definition) is 1. The van der Waals surface area contributed by atoms with E-state index < -0.39 is 17.4 Å². The molecule has 7 atom stereocenters. The van der Waals surface area contributed by atoms with Gasteiger partial charge < -0.3 is 14.6 Å². The summed E-state index contributed by atoms with van der Waals surface area (Å²) in [5.74, 6) is -0.642. The summed E-state index contributed by atoms with van der Waals surface area (Å²) in [4.78, 5) is 13.5. The van der Waals surface area contributed by atoms with Crippen molar-refractivity contribution >= 4 is 0 Å². The number of nitrogens with zero attached hydrogens (tertiary/aromatic N) is 2. The van der Waals surface area contributed by atoms with Crippen molar-refractivity contribution in [1.82, 2.24) is 4.90 Å². The summed E-state index contributed by atoms with van der Waals surface area (Å²) >= 11 is 0. The Kier molecular flexibility index (Phi) is 2.28. The maximum atomic E-state index is 11.6. The summed E-state index contributed by atoms with van der Waals surface area (Å²) in [7, 11) is 0. The predicted molar refractivity (Wildman–Crippen MR) is 67.6 cm³/mol. The van der Waals surface area contributed by atoms with Gasteiger partial charge in [0.2, 0.25) is 5.54 Å². The molecule has 0 unspecified atom stereocenters. The zero-order valence-electron chi connectivity index (χ0n) is 11.9. The summed E-state index contributed by atoms with van der Waals surface area (Å²) in [5.41, 5.74) is -0.879. The lowest BCUT2D eigenvalue weighted by molar-refractivity contribution is -0.547. The molecule has 7 nitrogen and oxygen atoms in total. The van der Waals surface area contributed by atoms with Crippen molar-refractivity contribution in [1.29, 1.82) is 0 Å². The fourth-order valence-electron chi connectivity index (χ4n) is 4.75. The van der Waals surface area contributed by atoms with Crippen LogP contribution in [0.25, 0.3) is 0 Å². The van der Waals surface area contributed by atoms with Crippen LogP contribution in [0.1, 0.15) is 27.2 Å². The zero-order chi connectivity index (χ0) is 14.4. The molecule has 4 aliphatic rings. The number of hydrogen-bond acceptors (Lipinski definition) is 6. The van der Waals surface area contributed by atoms with Gasteiger partial charge >= 0.3 is 0 Å². The molecule has 0 bridgehead atoms. The first-order valence-corrected chi connectivity index (χ1v) is 7.22. The Morgan fingerprint density at radius 1 is 1.40 bits per heavy atom. The molecule has 0 radical (unpaired) electrons. The largest absolute Gasteiger partial charge is 0.392 e. The molecule has 1 saturated carbocycles. The zero-order valence-corrected chi connectivity index (χ0v) is 11.9.